The summed E-state index contributed by atoms with van der Waals surface area (Å²) >= 11 is 0. The van der Waals surface area contributed by atoms with Crippen LogP contribution in [0.3, 0.4) is 0 Å². The zero-order valence-electron chi connectivity index (χ0n) is 10.7. The molecule has 1 heterocycles. The van der Waals surface area contributed by atoms with Crippen molar-refractivity contribution in [1.82, 2.24) is 0 Å². The fourth-order valence-electron chi connectivity index (χ4n) is 1.83. The van der Waals surface area contributed by atoms with Gasteiger partial charge in [0.1, 0.15) is 24.6 Å². The smallest absolute Gasteiger partial charge is 0.303 e. The number of hydrogen-bond acceptors (Lipinski definition) is 6. The van der Waals surface area contributed by atoms with Gasteiger partial charge < -0.3 is 14.2 Å². The van der Waals surface area contributed by atoms with Crippen molar-refractivity contribution in [3.8, 4) is 0 Å². The van der Waals surface area contributed by atoms with E-state index < -0.39 is 30.1 Å². The first kappa shape index (κ1) is 14.6. The number of carbonyl (C=O) groups excluding carboxylic acids is 3. The van der Waals surface area contributed by atoms with E-state index in [9.17, 15) is 14.4 Å². The number of hydrogen-bond donors (Lipinski definition) is 0. The minimum Gasteiger partial charge on any atom is -0.463 e. The number of ketones is 1. The molecule has 1 saturated heterocycles. The van der Waals surface area contributed by atoms with Crippen LogP contribution in [0.2, 0.25) is 0 Å². The molecule has 6 nitrogen and oxygen atoms in total. The summed E-state index contributed by atoms with van der Waals surface area (Å²) in [7, 11) is 0. The molecule has 0 unspecified atom stereocenters. The van der Waals surface area contributed by atoms with E-state index in [1.54, 1.807) is 0 Å². The van der Waals surface area contributed by atoms with Crippen LogP contribution in [0.1, 0.15) is 27.2 Å². The van der Waals surface area contributed by atoms with Gasteiger partial charge in [-0.05, 0) is 13.3 Å². The lowest BCUT2D eigenvalue weighted by Gasteiger charge is -2.35. The van der Waals surface area contributed by atoms with Gasteiger partial charge in [0.2, 0.25) is 0 Å². The monoisotopic (exact) mass is 257 g/mol. The SMILES string of the molecule is CC(=O)OC[C@H]1O[CH]C[C@H](C(C)=O)[C@@H]1OC(C)=O. The summed E-state index contributed by atoms with van der Waals surface area (Å²) in [5, 5.41) is 0. The average Bonchev–Trinajstić information content (AvgIpc) is 2.26. The molecule has 0 N–H and O–H groups in total. The molecule has 0 aromatic rings. The Hall–Kier alpha value is -1.43. The molecule has 1 fully saturated rings. The topological polar surface area (TPSA) is 78.9 Å². The second-order valence-corrected chi connectivity index (χ2v) is 4.17. The van der Waals surface area contributed by atoms with E-state index >= 15 is 0 Å². The molecule has 0 aromatic carbocycles. The number of rotatable bonds is 4. The van der Waals surface area contributed by atoms with Crippen LogP contribution in [0.5, 0.6) is 0 Å². The third-order valence-corrected chi connectivity index (χ3v) is 2.66. The first-order chi connectivity index (χ1) is 8.41. The van der Waals surface area contributed by atoms with E-state index in [1.165, 1.54) is 27.4 Å². The highest BCUT2D eigenvalue weighted by molar-refractivity contribution is 5.79. The Bertz CT molecular complexity index is 337. The van der Waals surface area contributed by atoms with Gasteiger partial charge in [-0.25, -0.2) is 0 Å². The van der Waals surface area contributed by atoms with Gasteiger partial charge in [-0.3, -0.25) is 14.4 Å². The first-order valence-electron chi connectivity index (χ1n) is 5.70. The molecule has 1 aliphatic heterocycles. The van der Waals surface area contributed by atoms with Crippen LogP contribution in [-0.4, -0.2) is 36.5 Å². The number of Topliss-reactive ketones (excluding diaryl/α,β-unsaturated/α-hetero) is 1. The van der Waals surface area contributed by atoms with Crippen LogP contribution in [0.4, 0.5) is 0 Å². The fraction of sp³-hybridized carbons (Fsp3) is 0.667. The van der Waals surface area contributed by atoms with E-state index in [0.29, 0.717) is 6.42 Å². The predicted octanol–water partition coefficient (Wildman–Crippen LogP) is 0.637. The molecule has 1 radical (unpaired) electrons. The Kier molecular flexibility index (Phi) is 5.27. The Morgan fingerprint density at radius 1 is 1.22 bits per heavy atom. The summed E-state index contributed by atoms with van der Waals surface area (Å²) in [5.41, 5.74) is 0. The van der Waals surface area contributed by atoms with Gasteiger partial charge in [0.25, 0.3) is 0 Å². The molecule has 0 spiro atoms. The van der Waals surface area contributed by atoms with E-state index in [1.807, 2.05) is 0 Å². The van der Waals surface area contributed by atoms with Gasteiger partial charge in [-0.2, -0.15) is 0 Å². The third-order valence-electron chi connectivity index (χ3n) is 2.66. The molecular formula is C12H17O6. The summed E-state index contributed by atoms with van der Waals surface area (Å²) in [4.78, 5) is 33.3. The van der Waals surface area contributed by atoms with Crippen LogP contribution in [-0.2, 0) is 28.6 Å². The first-order valence-corrected chi connectivity index (χ1v) is 5.70. The lowest BCUT2D eigenvalue weighted by molar-refractivity contribution is -0.174. The zero-order valence-corrected chi connectivity index (χ0v) is 10.7. The van der Waals surface area contributed by atoms with Gasteiger partial charge in [-0.1, -0.05) is 0 Å². The number of carbonyl (C=O) groups is 3. The predicted molar refractivity (Wildman–Crippen MR) is 60.1 cm³/mol. The normalized spacial score (nSPS) is 27.4. The molecule has 18 heavy (non-hydrogen) atoms. The van der Waals surface area contributed by atoms with Crippen LogP contribution < -0.4 is 0 Å². The summed E-state index contributed by atoms with van der Waals surface area (Å²) in [6.45, 7) is 5.41. The van der Waals surface area contributed by atoms with Crippen molar-refractivity contribution >= 4 is 17.7 Å². The lowest BCUT2D eigenvalue weighted by Crippen LogP contribution is -2.47. The maximum Gasteiger partial charge on any atom is 0.303 e. The van der Waals surface area contributed by atoms with Crippen LogP contribution in [0.15, 0.2) is 0 Å². The summed E-state index contributed by atoms with van der Waals surface area (Å²) in [5.74, 6) is -1.49. The fourth-order valence-corrected chi connectivity index (χ4v) is 1.83. The molecule has 1 aliphatic rings. The number of ether oxygens (including phenoxy) is 3. The molecule has 0 bridgehead atoms. The quantitative estimate of drug-likeness (QED) is 0.687. The molecule has 0 saturated carbocycles. The Labute approximate surface area is 106 Å². The molecular weight excluding hydrogens is 240 g/mol. The molecule has 0 aromatic heterocycles. The second kappa shape index (κ2) is 6.49. The van der Waals surface area contributed by atoms with Crippen LogP contribution in [0.25, 0.3) is 0 Å². The molecule has 0 amide bonds. The van der Waals surface area contributed by atoms with Crippen molar-refractivity contribution in [2.24, 2.45) is 5.92 Å². The maximum atomic E-state index is 11.5. The molecule has 0 aliphatic carbocycles. The van der Waals surface area contributed by atoms with Crippen LogP contribution in [0, 0.1) is 12.5 Å². The van der Waals surface area contributed by atoms with E-state index in [0.717, 1.165) is 0 Å². The van der Waals surface area contributed by atoms with Crippen LogP contribution >= 0.6 is 0 Å². The van der Waals surface area contributed by atoms with Gasteiger partial charge in [-0.15, -0.1) is 0 Å². The van der Waals surface area contributed by atoms with E-state index in [2.05, 4.69) is 0 Å². The largest absolute Gasteiger partial charge is 0.463 e. The molecule has 101 valence electrons. The van der Waals surface area contributed by atoms with E-state index in [4.69, 9.17) is 14.2 Å². The standard InChI is InChI=1S/C12H17O6/c1-7(13)10-4-5-16-11(6-17-8(2)14)12(10)18-9(3)15/h5,10-12H,4,6H2,1-3H3/t10-,11-,12+/m1/s1. The highest BCUT2D eigenvalue weighted by atomic mass is 16.6. The van der Waals surface area contributed by atoms with Crippen molar-refractivity contribution < 1.29 is 28.6 Å². The molecule has 3 atom stereocenters. The lowest BCUT2D eigenvalue weighted by atomic mass is 9.89. The Morgan fingerprint density at radius 3 is 2.39 bits per heavy atom. The summed E-state index contributed by atoms with van der Waals surface area (Å²) in [6.07, 6.45) is -0.978. The van der Waals surface area contributed by atoms with Crippen molar-refractivity contribution in [2.75, 3.05) is 6.61 Å². The molecule has 6 heteroatoms. The van der Waals surface area contributed by atoms with Gasteiger partial charge in [0.15, 0.2) is 0 Å². The van der Waals surface area contributed by atoms with Crippen molar-refractivity contribution in [2.45, 2.75) is 39.4 Å². The number of esters is 2. The highest BCUT2D eigenvalue weighted by Crippen LogP contribution is 2.27. The van der Waals surface area contributed by atoms with Crippen molar-refractivity contribution in [3.63, 3.8) is 0 Å². The maximum absolute atomic E-state index is 11.5. The van der Waals surface area contributed by atoms with Gasteiger partial charge >= 0.3 is 11.9 Å². The van der Waals surface area contributed by atoms with Gasteiger partial charge in [0.05, 0.1) is 12.5 Å². The van der Waals surface area contributed by atoms with Gasteiger partial charge in [0, 0.05) is 13.8 Å². The highest BCUT2D eigenvalue weighted by Gasteiger charge is 2.40. The Morgan fingerprint density at radius 2 is 1.89 bits per heavy atom. The van der Waals surface area contributed by atoms with Crippen molar-refractivity contribution in [3.05, 3.63) is 6.61 Å². The minimum absolute atomic E-state index is 0.0481. The third kappa shape index (κ3) is 4.10. The second-order valence-electron chi connectivity index (χ2n) is 4.17. The summed E-state index contributed by atoms with van der Waals surface area (Å²) < 4.78 is 15.2. The zero-order chi connectivity index (χ0) is 13.7. The molecule has 1 rings (SSSR count). The van der Waals surface area contributed by atoms with Crippen molar-refractivity contribution in [1.29, 1.82) is 0 Å². The van der Waals surface area contributed by atoms with E-state index in [-0.39, 0.29) is 12.4 Å². The summed E-state index contributed by atoms with van der Waals surface area (Å²) in [6, 6.07) is 0. The Balaban J connectivity index is 2.74. The average molecular weight is 257 g/mol. The minimum atomic E-state index is -0.718.